The molecule has 0 bridgehead atoms. The fourth-order valence-corrected chi connectivity index (χ4v) is 4.34. The van der Waals surface area contributed by atoms with E-state index >= 15 is 0 Å². The molecule has 1 aromatic carbocycles. The van der Waals surface area contributed by atoms with Crippen LogP contribution in [0.4, 0.5) is 0 Å². The van der Waals surface area contributed by atoms with Crippen LogP contribution < -0.4 is 5.32 Å². The van der Waals surface area contributed by atoms with Crippen LogP contribution in [0.2, 0.25) is 0 Å². The number of carbonyl (C=O) groups excluding carboxylic acids is 4. The maximum Gasteiger partial charge on any atom is 0.303 e. The lowest BCUT2D eigenvalue weighted by molar-refractivity contribution is -0.211. The number of hydrogen-bond donors (Lipinski definition) is 1. The second-order valence-corrected chi connectivity index (χ2v) is 10.4. The number of rotatable bonds is 7. The highest BCUT2D eigenvalue weighted by atomic mass is 35.6. The number of carbonyl (C=O) groups is 4. The van der Waals surface area contributed by atoms with Gasteiger partial charge in [0.25, 0.3) is 9.70 Å². The van der Waals surface area contributed by atoms with Crippen LogP contribution in [0.3, 0.4) is 0 Å². The predicted molar refractivity (Wildman–Crippen MR) is 121 cm³/mol. The Kier molecular flexibility index (Phi) is 10.1. The highest BCUT2D eigenvalue weighted by molar-refractivity contribution is 7.99. The molecule has 1 N–H and O–H groups in total. The lowest BCUT2D eigenvalue weighted by Crippen LogP contribution is -2.66. The van der Waals surface area contributed by atoms with Gasteiger partial charge >= 0.3 is 17.9 Å². The number of esters is 3. The number of thioether (sulfide) groups is 1. The van der Waals surface area contributed by atoms with Gasteiger partial charge in [-0.25, -0.2) is 0 Å². The van der Waals surface area contributed by atoms with E-state index in [0.29, 0.717) is 0 Å². The Morgan fingerprint density at radius 1 is 0.970 bits per heavy atom. The van der Waals surface area contributed by atoms with E-state index in [9.17, 15) is 19.2 Å². The maximum atomic E-state index is 12.5. The molecule has 0 aliphatic carbocycles. The first-order valence-electron chi connectivity index (χ1n) is 9.61. The zero-order chi connectivity index (χ0) is 24.8. The highest BCUT2D eigenvalue weighted by Gasteiger charge is 2.52. The predicted octanol–water partition coefficient (Wildman–Crippen LogP) is 2.79. The summed E-state index contributed by atoms with van der Waals surface area (Å²) in [6.07, 6.45) is -3.51. The number of benzene rings is 1. The fourth-order valence-electron chi connectivity index (χ4n) is 3.02. The van der Waals surface area contributed by atoms with E-state index in [1.807, 2.05) is 6.07 Å². The van der Waals surface area contributed by atoms with Gasteiger partial charge in [-0.05, 0) is 12.1 Å². The summed E-state index contributed by atoms with van der Waals surface area (Å²) >= 11 is 18.3. The van der Waals surface area contributed by atoms with Gasteiger partial charge in [0.2, 0.25) is 0 Å². The number of halogens is 3. The molecule has 1 amide bonds. The van der Waals surface area contributed by atoms with E-state index in [2.05, 4.69) is 5.32 Å². The molecule has 2 rings (SSSR count). The van der Waals surface area contributed by atoms with Crippen molar-refractivity contribution in [1.82, 2.24) is 5.32 Å². The van der Waals surface area contributed by atoms with Crippen molar-refractivity contribution >= 4 is 70.4 Å². The second kappa shape index (κ2) is 12.1. The maximum absolute atomic E-state index is 12.5. The van der Waals surface area contributed by atoms with Gasteiger partial charge in [0, 0.05) is 25.7 Å². The molecule has 5 atom stereocenters. The zero-order valence-corrected chi connectivity index (χ0v) is 20.9. The van der Waals surface area contributed by atoms with Crippen LogP contribution >= 0.6 is 46.6 Å². The molecule has 1 aliphatic heterocycles. The van der Waals surface area contributed by atoms with E-state index in [4.69, 9.17) is 53.8 Å². The minimum absolute atomic E-state index is 0.304. The van der Waals surface area contributed by atoms with E-state index in [1.165, 1.54) is 18.7 Å². The monoisotopic (exact) mass is 541 g/mol. The van der Waals surface area contributed by atoms with E-state index < -0.39 is 57.4 Å². The highest BCUT2D eigenvalue weighted by Crippen LogP contribution is 2.37. The summed E-state index contributed by atoms with van der Waals surface area (Å²) in [5.74, 6) is -3.03. The Balaban J connectivity index is 2.49. The molecule has 182 valence electrons. The number of amides is 1. The van der Waals surface area contributed by atoms with E-state index in [0.717, 1.165) is 18.7 Å². The zero-order valence-electron chi connectivity index (χ0n) is 17.8. The first kappa shape index (κ1) is 27.5. The van der Waals surface area contributed by atoms with Gasteiger partial charge in [-0.1, -0.05) is 64.8 Å². The third-order valence-corrected chi connectivity index (χ3v) is 5.95. The SMILES string of the molecule is CC(=O)OCC1O[C@@H](Sc2ccccc2)C(NC(=O)C(Cl)(Cl)Cl)C(OC(C)=O)[C@@H]1OC(C)=O. The van der Waals surface area contributed by atoms with Crippen LogP contribution in [-0.4, -0.2) is 64.0 Å². The minimum Gasteiger partial charge on any atom is -0.463 e. The summed E-state index contributed by atoms with van der Waals surface area (Å²) in [6, 6.07) is 7.88. The molecule has 0 aromatic heterocycles. The lowest BCUT2D eigenvalue weighted by Gasteiger charge is -2.45. The molecule has 1 fully saturated rings. The first-order chi connectivity index (χ1) is 15.4. The molecule has 9 nitrogen and oxygen atoms in total. The second-order valence-electron chi connectivity index (χ2n) is 6.92. The van der Waals surface area contributed by atoms with Crippen LogP contribution in [0.15, 0.2) is 35.2 Å². The van der Waals surface area contributed by atoms with Crippen molar-refractivity contribution < 1.29 is 38.1 Å². The van der Waals surface area contributed by atoms with Crippen LogP contribution in [0.25, 0.3) is 0 Å². The van der Waals surface area contributed by atoms with E-state index in [-0.39, 0.29) is 6.61 Å². The lowest BCUT2D eigenvalue weighted by atomic mass is 9.97. The molecule has 1 aliphatic rings. The van der Waals surface area contributed by atoms with Crippen molar-refractivity contribution in [3.63, 3.8) is 0 Å². The van der Waals surface area contributed by atoms with Gasteiger partial charge in [-0.3, -0.25) is 19.2 Å². The molecule has 0 radical (unpaired) electrons. The number of ether oxygens (including phenoxy) is 4. The quantitative estimate of drug-likeness (QED) is 0.315. The Hall–Kier alpha value is -1.72. The molecule has 1 aromatic rings. The van der Waals surface area contributed by atoms with Gasteiger partial charge in [0.05, 0.1) is 0 Å². The van der Waals surface area contributed by atoms with Crippen molar-refractivity contribution in [2.45, 2.75) is 59.2 Å². The van der Waals surface area contributed by atoms with Crippen molar-refractivity contribution in [2.24, 2.45) is 0 Å². The molecule has 0 saturated carbocycles. The third-order valence-electron chi connectivity index (χ3n) is 4.25. The molecular formula is C20H22Cl3NO8S. The molecular weight excluding hydrogens is 521 g/mol. The Labute approximate surface area is 209 Å². The number of hydrogen-bond acceptors (Lipinski definition) is 9. The molecule has 3 unspecified atom stereocenters. The molecule has 1 saturated heterocycles. The van der Waals surface area contributed by atoms with Crippen molar-refractivity contribution in [3.8, 4) is 0 Å². The summed E-state index contributed by atoms with van der Waals surface area (Å²) < 4.78 is 19.6. The van der Waals surface area contributed by atoms with Gasteiger partial charge in [-0.2, -0.15) is 0 Å². The van der Waals surface area contributed by atoms with Crippen molar-refractivity contribution in [2.75, 3.05) is 6.61 Å². The topological polar surface area (TPSA) is 117 Å². The van der Waals surface area contributed by atoms with Crippen LogP contribution in [0, 0.1) is 0 Å². The summed E-state index contributed by atoms with van der Waals surface area (Å²) in [5, 5.41) is 2.52. The number of alkyl halides is 3. The summed E-state index contributed by atoms with van der Waals surface area (Å²) in [7, 11) is 0. The molecule has 33 heavy (non-hydrogen) atoms. The summed E-state index contributed by atoms with van der Waals surface area (Å²) in [4.78, 5) is 48.4. The normalized spacial score (nSPS) is 25.0. The summed E-state index contributed by atoms with van der Waals surface area (Å²) in [5.41, 5.74) is -0.916. The van der Waals surface area contributed by atoms with Gasteiger partial charge < -0.3 is 24.3 Å². The van der Waals surface area contributed by atoms with Crippen LogP contribution in [-0.2, 0) is 38.1 Å². The molecule has 1 heterocycles. The first-order valence-corrected chi connectivity index (χ1v) is 11.6. The third kappa shape index (κ3) is 8.53. The Morgan fingerprint density at radius 2 is 1.55 bits per heavy atom. The molecule has 13 heteroatoms. The van der Waals surface area contributed by atoms with Gasteiger partial charge in [0.15, 0.2) is 12.2 Å². The van der Waals surface area contributed by atoms with Crippen LogP contribution in [0.1, 0.15) is 20.8 Å². The minimum atomic E-state index is -2.33. The standard InChI is InChI=1S/C20H22Cl3NO8S/c1-10(25)29-9-14-16(30-11(2)26)17(31-12(3)27)15(24-19(28)20(21,22)23)18(32-14)33-13-7-5-4-6-8-13/h4-8,14-18H,9H2,1-3H3,(H,24,28)/t14?,15?,16-,17?,18+/m1/s1. The average molecular weight is 543 g/mol. The molecule has 0 spiro atoms. The fraction of sp³-hybridized carbons (Fsp3) is 0.500. The van der Waals surface area contributed by atoms with Crippen molar-refractivity contribution in [3.05, 3.63) is 30.3 Å². The van der Waals surface area contributed by atoms with Crippen molar-refractivity contribution in [1.29, 1.82) is 0 Å². The Morgan fingerprint density at radius 3 is 2.06 bits per heavy atom. The van der Waals surface area contributed by atoms with Crippen LogP contribution in [0.5, 0.6) is 0 Å². The largest absolute Gasteiger partial charge is 0.463 e. The number of nitrogens with one attached hydrogen (secondary N) is 1. The van der Waals surface area contributed by atoms with E-state index in [1.54, 1.807) is 24.3 Å². The van der Waals surface area contributed by atoms with Gasteiger partial charge in [-0.15, -0.1) is 0 Å². The summed E-state index contributed by atoms with van der Waals surface area (Å²) in [6.45, 7) is 3.19. The van der Waals surface area contributed by atoms with Gasteiger partial charge in [0.1, 0.15) is 24.2 Å². The smallest absolute Gasteiger partial charge is 0.303 e. The Bertz CT molecular complexity index is 867. The average Bonchev–Trinajstić information content (AvgIpc) is 2.70.